The maximum Gasteiger partial charge on any atom is 0.160 e. The summed E-state index contributed by atoms with van der Waals surface area (Å²) in [4.78, 5) is 10.3. The summed E-state index contributed by atoms with van der Waals surface area (Å²) in [6.45, 7) is 18.1. The van der Waals surface area contributed by atoms with Crippen molar-refractivity contribution in [3.8, 4) is 11.5 Å². The van der Waals surface area contributed by atoms with Crippen molar-refractivity contribution in [2.24, 2.45) is 0 Å². The van der Waals surface area contributed by atoms with E-state index < -0.39 is 0 Å². The van der Waals surface area contributed by atoms with Gasteiger partial charge in [0.15, 0.2) is 11.5 Å². The fourth-order valence-electron chi connectivity index (χ4n) is 15.5. The Morgan fingerprint density at radius 1 is 0.392 bits per heavy atom. The average Bonchev–Trinajstić information content (AvgIpc) is 1.15. The number of nitrogens with zero attached hydrogens (tertiary/aromatic N) is 4. The Morgan fingerprint density at radius 2 is 0.825 bits per heavy atom. The second-order valence-corrected chi connectivity index (χ2v) is 28.9. The molecule has 0 bridgehead atoms. The lowest BCUT2D eigenvalue weighted by Crippen LogP contribution is -2.51. The minimum atomic E-state index is 0.308. The van der Waals surface area contributed by atoms with Gasteiger partial charge >= 0.3 is 0 Å². The Kier molecular flexibility index (Phi) is 35.7. The molecule has 4 unspecified atom stereocenters. The molecule has 4 saturated carbocycles. The molecule has 7 fully saturated rings. The molecule has 0 amide bonds. The van der Waals surface area contributed by atoms with Crippen LogP contribution in [0.3, 0.4) is 0 Å². The molecule has 0 spiro atoms. The van der Waals surface area contributed by atoms with Gasteiger partial charge in [0.2, 0.25) is 0 Å². The standard InChI is InChI=1S/C24H35NO3.C20H31NO4.2C18H26BrNO2/c1-26-17-14-25(15-18-27-2)23-9-5-6-10-24(23)28-16-13-20-11-12-21-7-3-4-8-22(21)19-20;1-22-19-8-7-16(15-20(19)23-2)9-12-25-18-6-4-3-5-17(18)21-10-13-24-14-11-21;19-16-5-3-4-15(14-16)8-11-22-18-7-2-1-6-17(18)20-9-12-21-13-10-20;19-16-6-2-1-5-15(16)9-12-22-18-8-4-3-7-17(18)20-10-13-21-14-11-20/h3-4,7-8,11-12,19,23-24H,5-6,9-10,13-18H2,1-2H3;7-8,15,17-18H,3-6,9-14H2,1-2H3;3-5,14,17-18H,1-2,6-13H2;1-2,5-6,17-18H,3-4,7-14H2/t23?,24-;3*17?,18-/m0000/s1. The van der Waals surface area contributed by atoms with Gasteiger partial charge in [-0.1, -0.05) is 162 Å². The molecule has 8 atom stereocenters. The van der Waals surface area contributed by atoms with E-state index in [0.717, 1.165) is 180 Å². The topological polar surface area (TPSA) is 114 Å². The number of hydrogen-bond donors (Lipinski definition) is 0. The first-order chi connectivity index (χ1) is 47.8. The van der Waals surface area contributed by atoms with Gasteiger partial charge in [-0.15, -0.1) is 0 Å². The second-order valence-electron chi connectivity index (χ2n) is 27.1. The summed E-state index contributed by atoms with van der Waals surface area (Å²) in [7, 11) is 6.88. The molecule has 3 heterocycles. The van der Waals surface area contributed by atoms with Crippen molar-refractivity contribution >= 4 is 42.6 Å². The van der Waals surface area contributed by atoms with E-state index in [4.69, 9.17) is 52.1 Å². The van der Waals surface area contributed by atoms with Crippen LogP contribution >= 0.6 is 31.9 Å². The zero-order valence-electron chi connectivity index (χ0n) is 59.3. The van der Waals surface area contributed by atoms with Crippen LogP contribution in [0.15, 0.2) is 118 Å². The lowest BCUT2D eigenvalue weighted by atomic mass is 9.91. The van der Waals surface area contributed by atoms with E-state index in [-0.39, 0.29) is 0 Å². The SMILES string of the molecule is Brc1cccc(CCO[C@H]2CCCCC2N2CCOCC2)c1.Brc1ccccc1CCO[C@H]1CCCCC1N1CCOCC1.COCCN(CCOC)C1CCCC[C@@H]1OCCc1ccc2ccccc2c1.COc1ccc(CCO[C@H]2CCCCC2N2CCOCC2)cc1OC. The third-order valence-electron chi connectivity index (χ3n) is 20.8. The molecule has 3 saturated heterocycles. The Balaban J connectivity index is 0.000000152. The van der Waals surface area contributed by atoms with Crippen molar-refractivity contribution in [2.45, 2.75) is 177 Å². The number of hydrogen-bond acceptors (Lipinski definition) is 15. The van der Waals surface area contributed by atoms with E-state index in [1.54, 1.807) is 28.4 Å². The molecular weight excluding hydrogens is 1350 g/mol. The minimum Gasteiger partial charge on any atom is -0.493 e. The lowest BCUT2D eigenvalue weighted by Gasteiger charge is -2.41. The van der Waals surface area contributed by atoms with Crippen molar-refractivity contribution < 1.29 is 52.1 Å². The highest BCUT2D eigenvalue weighted by atomic mass is 79.9. The largest absolute Gasteiger partial charge is 0.493 e. The maximum absolute atomic E-state index is 6.43. The molecular formula is C80H118Br2N4O11. The van der Waals surface area contributed by atoms with Crippen molar-refractivity contribution in [2.75, 3.05) is 160 Å². The van der Waals surface area contributed by atoms with Crippen molar-refractivity contribution in [3.63, 3.8) is 0 Å². The van der Waals surface area contributed by atoms with Gasteiger partial charge in [-0.2, -0.15) is 0 Å². The van der Waals surface area contributed by atoms with Gasteiger partial charge in [0, 0.05) is 99.7 Å². The van der Waals surface area contributed by atoms with Crippen molar-refractivity contribution in [1.82, 2.24) is 19.6 Å². The summed E-state index contributed by atoms with van der Waals surface area (Å²) in [6, 6.07) is 40.5. The summed E-state index contributed by atoms with van der Waals surface area (Å²) in [6.07, 6.45) is 25.5. The van der Waals surface area contributed by atoms with Crippen LogP contribution in [0.4, 0.5) is 0 Å². The Bertz CT molecular complexity index is 2920. The first-order valence-electron chi connectivity index (χ1n) is 37.1. The first kappa shape index (κ1) is 77.6. The van der Waals surface area contributed by atoms with Gasteiger partial charge in [0.05, 0.1) is 118 Å². The zero-order valence-corrected chi connectivity index (χ0v) is 62.5. The molecule has 5 aromatic rings. The van der Waals surface area contributed by atoms with Crippen LogP contribution in [0.25, 0.3) is 10.8 Å². The number of rotatable bonds is 28. The van der Waals surface area contributed by atoms with Crippen molar-refractivity contribution in [3.05, 3.63) is 140 Å². The molecule has 0 N–H and O–H groups in total. The fraction of sp³-hybridized carbons (Fsp3) is 0.650. The summed E-state index contributed by atoms with van der Waals surface area (Å²) >= 11 is 7.15. The highest BCUT2D eigenvalue weighted by molar-refractivity contribution is 9.10. The highest BCUT2D eigenvalue weighted by Crippen LogP contribution is 2.33. The predicted octanol–water partition coefficient (Wildman–Crippen LogP) is 14.5. The number of ether oxygens (including phenoxy) is 11. The molecule has 7 aliphatic rings. The van der Waals surface area contributed by atoms with E-state index >= 15 is 0 Å². The van der Waals surface area contributed by atoms with Gasteiger partial charge in [-0.05, 0) is 140 Å². The van der Waals surface area contributed by atoms with Gasteiger partial charge in [0.25, 0.3) is 0 Å². The summed E-state index contributed by atoms with van der Waals surface area (Å²) < 4.78 is 65.5. The van der Waals surface area contributed by atoms with Crippen LogP contribution in [-0.2, 0) is 68.3 Å². The minimum absolute atomic E-state index is 0.308. The molecule has 5 aromatic carbocycles. The van der Waals surface area contributed by atoms with Gasteiger partial charge in [-0.3, -0.25) is 19.6 Å². The number of fused-ring (bicyclic) bond motifs is 1. The van der Waals surface area contributed by atoms with E-state index in [2.05, 4.69) is 149 Å². The van der Waals surface area contributed by atoms with Gasteiger partial charge in [0.1, 0.15) is 0 Å². The quantitative estimate of drug-likeness (QED) is 0.0473. The first-order valence-corrected chi connectivity index (χ1v) is 38.7. The van der Waals surface area contributed by atoms with Gasteiger partial charge in [-0.25, -0.2) is 0 Å². The molecule has 0 aromatic heterocycles. The normalized spacial score (nSPS) is 24.4. The van der Waals surface area contributed by atoms with Crippen LogP contribution in [0.2, 0.25) is 0 Å². The Morgan fingerprint density at radius 3 is 1.33 bits per heavy atom. The Hall–Kier alpha value is -3.60. The summed E-state index contributed by atoms with van der Waals surface area (Å²) in [5.74, 6) is 1.55. The monoisotopic (exact) mass is 1470 g/mol. The molecule has 0 radical (unpaired) electrons. The maximum atomic E-state index is 6.43. The number of benzene rings is 5. The van der Waals surface area contributed by atoms with Crippen LogP contribution in [0.1, 0.15) is 125 Å². The van der Waals surface area contributed by atoms with Crippen LogP contribution in [0.5, 0.6) is 11.5 Å². The van der Waals surface area contributed by atoms with E-state index in [0.29, 0.717) is 48.6 Å². The molecule has 4 aliphatic carbocycles. The molecule has 97 heavy (non-hydrogen) atoms. The van der Waals surface area contributed by atoms with Gasteiger partial charge < -0.3 is 52.1 Å². The third kappa shape index (κ3) is 26.0. The third-order valence-corrected chi connectivity index (χ3v) is 22.1. The summed E-state index contributed by atoms with van der Waals surface area (Å²) in [5, 5.41) is 2.60. The number of halogens is 2. The lowest BCUT2D eigenvalue weighted by molar-refractivity contribution is -0.0648. The fourth-order valence-corrected chi connectivity index (χ4v) is 16.4. The van der Waals surface area contributed by atoms with E-state index in [9.17, 15) is 0 Å². The second kappa shape index (κ2) is 44.7. The molecule has 15 nitrogen and oxygen atoms in total. The Labute approximate surface area is 599 Å². The zero-order chi connectivity index (χ0) is 67.5. The smallest absolute Gasteiger partial charge is 0.160 e. The van der Waals surface area contributed by atoms with E-state index in [1.807, 2.05) is 12.1 Å². The highest BCUT2D eigenvalue weighted by Gasteiger charge is 2.35. The molecule has 12 rings (SSSR count). The van der Waals surface area contributed by atoms with Crippen LogP contribution in [-0.4, -0.2) is 228 Å². The molecule has 17 heteroatoms. The molecule has 538 valence electrons. The predicted molar refractivity (Wildman–Crippen MR) is 397 cm³/mol. The number of methoxy groups -OCH3 is 4. The van der Waals surface area contributed by atoms with Crippen LogP contribution in [0, 0.1) is 0 Å². The van der Waals surface area contributed by atoms with Crippen molar-refractivity contribution in [1.29, 1.82) is 0 Å². The van der Waals surface area contributed by atoms with E-state index in [1.165, 1.54) is 134 Å². The van der Waals surface area contributed by atoms with Crippen LogP contribution < -0.4 is 9.47 Å². The number of morpholine rings is 3. The molecule has 3 aliphatic heterocycles. The average molecular weight is 1470 g/mol. The summed E-state index contributed by atoms with van der Waals surface area (Å²) in [5.41, 5.74) is 5.24.